The van der Waals surface area contributed by atoms with Gasteiger partial charge in [-0.25, -0.2) is 0 Å². The molecule has 0 radical (unpaired) electrons. The number of unbranched alkanes of at least 4 members (excludes halogenated alkanes) is 1. The molecule has 0 heterocycles. The smallest absolute Gasteiger partial charge is 0.325 e. The van der Waals surface area contributed by atoms with Crippen molar-refractivity contribution in [3.63, 3.8) is 0 Å². The summed E-state index contributed by atoms with van der Waals surface area (Å²) in [6, 6.07) is 7.56. The van der Waals surface area contributed by atoms with E-state index in [1.807, 2.05) is 29.2 Å². The molecule has 106 valence electrons. The molecule has 0 saturated heterocycles. The second-order valence-electron chi connectivity index (χ2n) is 4.59. The number of nitrogens with zero attached hydrogens (tertiary/aromatic N) is 1. The largest absolute Gasteiger partial charge is 0.464 e. The minimum absolute atomic E-state index is 0.168. The van der Waals surface area contributed by atoms with Gasteiger partial charge in [-0.2, -0.15) is 0 Å². The molecule has 4 nitrogen and oxygen atoms in total. The third-order valence-electron chi connectivity index (χ3n) is 2.83. The van der Waals surface area contributed by atoms with E-state index in [9.17, 15) is 4.79 Å². The molecule has 0 atom stereocenters. The third kappa shape index (κ3) is 5.64. The third-order valence-corrected chi connectivity index (χ3v) is 2.83. The zero-order chi connectivity index (χ0) is 14.1. The molecule has 2 N–H and O–H groups in total. The van der Waals surface area contributed by atoms with Crippen molar-refractivity contribution in [3.05, 3.63) is 24.3 Å². The van der Waals surface area contributed by atoms with Crippen molar-refractivity contribution in [1.82, 2.24) is 0 Å². The number of nitrogens with two attached hydrogens (primary N) is 1. The maximum Gasteiger partial charge on any atom is 0.325 e. The molecule has 0 bridgehead atoms. The van der Waals surface area contributed by atoms with Crippen molar-refractivity contribution in [2.75, 3.05) is 30.3 Å². The molecule has 0 saturated carbocycles. The van der Waals surface area contributed by atoms with Gasteiger partial charge in [0.15, 0.2) is 0 Å². The topological polar surface area (TPSA) is 55.6 Å². The van der Waals surface area contributed by atoms with Crippen LogP contribution in [0.1, 0.15) is 33.1 Å². The van der Waals surface area contributed by atoms with Crippen LogP contribution in [0.15, 0.2) is 24.3 Å². The molecule has 1 aromatic carbocycles. The van der Waals surface area contributed by atoms with Crippen molar-refractivity contribution in [2.45, 2.75) is 33.1 Å². The number of rotatable bonds is 8. The van der Waals surface area contributed by atoms with Crippen LogP contribution < -0.4 is 10.6 Å². The Kier molecular flexibility index (Phi) is 6.79. The average Bonchev–Trinajstić information content (AvgIpc) is 2.39. The van der Waals surface area contributed by atoms with Crippen molar-refractivity contribution >= 4 is 17.3 Å². The van der Waals surface area contributed by atoms with Crippen molar-refractivity contribution in [1.29, 1.82) is 0 Å². The maximum atomic E-state index is 11.8. The molecule has 0 fully saturated rings. The highest BCUT2D eigenvalue weighted by atomic mass is 16.5. The van der Waals surface area contributed by atoms with E-state index in [1.54, 1.807) is 0 Å². The first-order valence-corrected chi connectivity index (χ1v) is 6.93. The molecule has 0 spiro atoms. The SMILES string of the molecule is CCCCOC(=O)CN(CCC)c1ccc(N)cc1. The second-order valence-corrected chi connectivity index (χ2v) is 4.59. The normalized spacial score (nSPS) is 10.2. The molecule has 0 unspecified atom stereocenters. The van der Waals surface area contributed by atoms with Crippen molar-refractivity contribution in [3.8, 4) is 0 Å². The molecular weight excluding hydrogens is 240 g/mol. The number of carbonyl (C=O) groups excluding carboxylic acids is 1. The Morgan fingerprint density at radius 3 is 2.47 bits per heavy atom. The zero-order valence-electron chi connectivity index (χ0n) is 11.9. The number of anilines is 2. The Hall–Kier alpha value is -1.71. The summed E-state index contributed by atoms with van der Waals surface area (Å²) in [7, 11) is 0. The quantitative estimate of drug-likeness (QED) is 0.445. The highest BCUT2D eigenvalue weighted by molar-refractivity contribution is 5.76. The first kappa shape index (κ1) is 15.3. The van der Waals surface area contributed by atoms with Gasteiger partial charge >= 0.3 is 5.97 Å². The van der Waals surface area contributed by atoms with Crippen LogP contribution in [0.5, 0.6) is 0 Å². The van der Waals surface area contributed by atoms with Crippen LogP contribution in [0, 0.1) is 0 Å². The number of benzene rings is 1. The summed E-state index contributed by atoms with van der Waals surface area (Å²) in [6.45, 7) is 5.80. The number of carbonyl (C=O) groups is 1. The van der Waals surface area contributed by atoms with Crippen molar-refractivity contribution in [2.24, 2.45) is 0 Å². The van der Waals surface area contributed by atoms with Gasteiger partial charge < -0.3 is 15.4 Å². The molecule has 1 rings (SSSR count). The van der Waals surface area contributed by atoms with Gasteiger partial charge in [-0.15, -0.1) is 0 Å². The summed E-state index contributed by atoms with van der Waals surface area (Å²) < 4.78 is 5.20. The van der Waals surface area contributed by atoms with Crippen LogP contribution in [0.3, 0.4) is 0 Å². The van der Waals surface area contributed by atoms with Crippen LogP contribution in [0.25, 0.3) is 0 Å². The predicted molar refractivity (Wildman–Crippen MR) is 79.2 cm³/mol. The van der Waals surface area contributed by atoms with Gasteiger partial charge in [-0.1, -0.05) is 20.3 Å². The van der Waals surface area contributed by atoms with Gasteiger partial charge in [0.05, 0.1) is 6.61 Å². The molecule has 4 heteroatoms. The highest BCUT2D eigenvalue weighted by Crippen LogP contribution is 2.16. The Morgan fingerprint density at radius 2 is 1.89 bits per heavy atom. The summed E-state index contributed by atoms with van der Waals surface area (Å²) in [5.41, 5.74) is 7.40. The number of hydrogen-bond acceptors (Lipinski definition) is 4. The van der Waals surface area contributed by atoms with Gasteiger partial charge in [0.2, 0.25) is 0 Å². The Labute approximate surface area is 115 Å². The zero-order valence-corrected chi connectivity index (χ0v) is 11.9. The predicted octanol–water partition coefficient (Wildman–Crippen LogP) is 2.83. The average molecular weight is 264 g/mol. The molecule has 19 heavy (non-hydrogen) atoms. The Bertz CT molecular complexity index is 376. The monoisotopic (exact) mass is 264 g/mol. The molecule has 0 amide bonds. The van der Waals surface area contributed by atoms with E-state index in [1.165, 1.54) is 0 Å². The molecule has 0 aromatic heterocycles. The van der Waals surface area contributed by atoms with Crippen LogP contribution in [0.2, 0.25) is 0 Å². The van der Waals surface area contributed by atoms with Gasteiger partial charge in [0.25, 0.3) is 0 Å². The molecule has 0 aliphatic rings. The van der Waals surface area contributed by atoms with E-state index in [-0.39, 0.29) is 5.97 Å². The molecular formula is C15H24N2O2. The van der Waals surface area contributed by atoms with E-state index in [0.717, 1.165) is 37.2 Å². The summed E-state index contributed by atoms with van der Waals surface area (Å²) in [6.07, 6.45) is 2.93. The molecule has 1 aromatic rings. The summed E-state index contributed by atoms with van der Waals surface area (Å²) in [4.78, 5) is 13.8. The van der Waals surface area contributed by atoms with Gasteiger partial charge in [0.1, 0.15) is 6.54 Å². The number of esters is 1. The van der Waals surface area contributed by atoms with Gasteiger partial charge in [0, 0.05) is 17.9 Å². The summed E-state index contributed by atoms with van der Waals surface area (Å²) >= 11 is 0. The standard InChI is InChI=1S/C15H24N2O2/c1-3-5-11-19-15(18)12-17(10-4-2)14-8-6-13(16)7-9-14/h6-9H,3-5,10-12,16H2,1-2H3. The van der Waals surface area contributed by atoms with Crippen molar-refractivity contribution < 1.29 is 9.53 Å². The minimum atomic E-state index is -0.168. The number of hydrogen-bond donors (Lipinski definition) is 1. The fourth-order valence-corrected chi connectivity index (χ4v) is 1.79. The van der Waals surface area contributed by atoms with Crippen LogP contribution >= 0.6 is 0 Å². The van der Waals surface area contributed by atoms with Gasteiger partial charge in [-0.3, -0.25) is 4.79 Å². The lowest BCUT2D eigenvalue weighted by molar-refractivity contribution is -0.142. The molecule has 0 aliphatic carbocycles. The van der Waals surface area contributed by atoms with E-state index in [4.69, 9.17) is 10.5 Å². The van der Waals surface area contributed by atoms with Crippen LogP contribution in [-0.2, 0) is 9.53 Å². The Morgan fingerprint density at radius 1 is 1.21 bits per heavy atom. The summed E-state index contributed by atoms with van der Waals surface area (Å²) in [5, 5.41) is 0. The highest BCUT2D eigenvalue weighted by Gasteiger charge is 2.11. The van der Waals surface area contributed by atoms with Gasteiger partial charge in [-0.05, 0) is 37.1 Å². The van der Waals surface area contributed by atoms with E-state index < -0.39 is 0 Å². The first-order valence-electron chi connectivity index (χ1n) is 6.93. The lowest BCUT2D eigenvalue weighted by Crippen LogP contribution is -2.31. The van der Waals surface area contributed by atoms with Crippen LogP contribution in [-0.4, -0.2) is 25.7 Å². The summed E-state index contributed by atoms with van der Waals surface area (Å²) in [5.74, 6) is -0.168. The fraction of sp³-hybridized carbons (Fsp3) is 0.533. The number of ether oxygens (including phenoxy) is 1. The van der Waals surface area contributed by atoms with Crippen LogP contribution in [0.4, 0.5) is 11.4 Å². The maximum absolute atomic E-state index is 11.8. The minimum Gasteiger partial charge on any atom is -0.464 e. The van der Waals surface area contributed by atoms with E-state index in [0.29, 0.717) is 13.2 Å². The Balaban J connectivity index is 2.57. The molecule has 0 aliphatic heterocycles. The van der Waals surface area contributed by atoms with E-state index in [2.05, 4.69) is 13.8 Å². The lowest BCUT2D eigenvalue weighted by atomic mass is 10.2. The lowest BCUT2D eigenvalue weighted by Gasteiger charge is -2.23. The second kappa shape index (κ2) is 8.40. The first-order chi connectivity index (χ1) is 9.17. The van der Waals surface area contributed by atoms with E-state index >= 15 is 0 Å². The fourth-order valence-electron chi connectivity index (χ4n) is 1.79. The number of nitrogen functional groups attached to an aromatic ring is 1.